The maximum Gasteiger partial charge on any atom is 0.285 e. The van der Waals surface area contributed by atoms with E-state index in [0.29, 0.717) is 9.47 Å². The van der Waals surface area contributed by atoms with E-state index in [9.17, 15) is 4.79 Å². The number of amides is 1. The van der Waals surface area contributed by atoms with Crippen molar-refractivity contribution in [1.82, 2.24) is 15.1 Å². The normalized spacial score (nSPS) is 10.7. The predicted octanol–water partition coefficient (Wildman–Crippen LogP) is 2.45. The predicted molar refractivity (Wildman–Crippen MR) is 61.4 cm³/mol. The van der Waals surface area contributed by atoms with Crippen molar-refractivity contribution in [2.75, 3.05) is 6.54 Å². The fourth-order valence-corrected chi connectivity index (χ4v) is 2.03. The number of carbonyl (C=O) groups excluding carboxylic acids is 1. The molecular formula is C9H14ClN3OS. The molecule has 0 atom stereocenters. The van der Waals surface area contributed by atoms with Crippen molar-refractivity contribution >= 4 is 28.8 Å². The van der Waals surface area contributed by atoms with E-state index in [2.05, 4.69) is 10.2 Å². The van der Waals surface area contributed by atoms with Gasteiger partial charge in [-0.25, -0.2) is 0 Å². The molecule has 0 N–H and O–H groups in total. The molecule has 0 aromatic carbocycles. The third-order valence-electron chi connectivity index (χ3n) is 1.93. The Balaban J connectivity index is 2.80. The highest BCUT2D eigenvalue weighted by Crippen LogP contribution is 2.17. The first kappa shape index (κ1) is 12.4. The molecule has 0 aliphatic carbocycles. The standard InChI is InChI=1S/C9H14ClN3OS/c1-4-5-13(6(2)3)8(14)7-11-12-9(10)15-7/h6H,4-5H2,1-3H3. The molecule has 0 spiro atoms. The summed E-state index contributed by atoms with van der Waals surface area (Å²) in [6, 6.07) is 0.167. The van der Waals surface area contributed by atoms with Crippen molar-refractivity contribution in [1.29, 1.82) is 0 Å². The van der Waals surface area contributed by atoms with Gasteiger partial charge in [0.2, 0.25) is 9.47 Å². The van der Waals surface area contributed by atoms with Crippen LogP contribution in [0.25, 0.3) is 0 Å². The zero-order valence-electron chi connectivity index (χ0n) is 9.03. The van der Waals surface area contributed by atoms with Crippen molar-refractivity contribution in [2.45, 2.75) is 33.2 Å². The molecule has 0 aliphatic heterocycles. The molecule has 1 amide bonds. The summed E-state index contributed by atoms with van der Waals surface area (Å²) < 4.78 is 0.304. The summed E-state index contributed by atoms with van der Waals surface area (Å²) in [4.78, 5) is 13.7. The lowest BCUT2D eigenvalue weighted by Crippen LogP contribution is -2.37. The molecule has 0 aliphatic rings. The number of halogens is 1. The second-order valence-corrected chi connectivity index (χ2v) is 5.01. The quantitative estimate of drug-likeness (QED) is 0.821. The van der Waals surface area contributed by atoms with Crippen molar-refractivity contribution in [3.63, 3.8) is 0 Å². The molecule has 1 aromatic rings. The zero-order chi connectivity index (χ0) is 11.4. The van der Waals surface area contributed by atoms with Crippen molar-refractivity contribution in [2.24, 2.45) is 0 Å². The van der Waals surface area contributed by atoms with Crippen molar-refractivity contribution in [3.8, 4) is 0 Å². The molecule has 4 nitrogen and oxygen atoms in total. The highest BCUT2D eigenvalue weighted by molar-refractivity contribution is 7.17. The van der Waals surface area contributed by atoms with Gasteiger partial charge in [0, 0.05) is 12.6 Å². The Bertz CT molecular complexity index is 340. The van der Waals surface area contributed by atoms with Crippen LogP contribution in [-0.2, 0) is 0 Å². The monoisotopic (exact) mass is 247 g/mol. The molecule has 0 fully saturated rings. The molecule has 1 heterocycles. The summed E-state index contributed by atoms with van der Waals surface area (Å²) in [5.74, 6) is -0.0868. The van der Waals surface area contributed by atoms with E-state index in [-0.39, 0.29) is 11.9 Å². The molecule has 6 heteroatoms. The van der Waals surface area contributed by atoms with E-state index in [1.807, 2.05) is 20.8 Å². The Morgan fingerprint density at radius 1 is 1.53 bits per heavy atom. The SMILES string of the molecule is CCCN(C(=O)c1nnc(Cl)s1)C(C)C. The molecule has 1 aromatic heterocycles. The summed E-state index contributed by atoms with van der Waals surface area (Å²) in [6.07, 6.45) is 0.927. The van der Waals surface area contributed by atoms with Crippen LogP contribution >= 0.6 is 22.9 Å². The molecular weight excluding hydrogens is 234 g/mol. The van der Waals surface area contributed by atoms with Gasteiger partial charge in [-0.15, -0.1) is 10.2 Å². The number of rotatable bonds is 4. The highest BCUT2D eigenvalue weighted by atomic mass is 35.5. The Kier molecular flexibility index (Phi) is 4.47. The van der Waals surface area contributed by atoms with Crippen LogP contribution in [0.15, 0.2) is 0 Å². The maximum atomic E-state index is 12.0. The minimum absolute atomic E-state index is 0.0868. The van der Waals surface area contributed by atoms with Gasteiger partial charge in [0.1, 0.15) is 0 Å². The first-order chi connectivity index (χ1) is 7.06. The molecule has 0 radical (unpaired) electrons. The molecule has 0 bridgehead atoms. The lowest BCUT2D eigenvalue weighted by molar-refractivity contribution is 0.0704. The molecule has 0 unspecified atom stereocenters. The Hall–Kier alpha value is -0.680. The number of aromatic nitrogens is 2. The second kappa shape index (κ2) is 5.42. The van der Waals surface area contributed by atoms with E-state index < -0.39 is 0 Å². The van der Waals surface area contributed by atoms with E-state index in [1.54, 1.807) is 4.90 Å². The average Bonchev–Trinajstić information content (AvgIpc) is 2.59. The maximum absolute atomic E-state index is 12.0. The molecule has 84 valence electrons. The van der Waals surface area contributed by atoms with Crippen LogP contribution < -0.4 is 0 Å². The zero-order valence-corrected chi connectivity index (χ0v) is 10.6. The van der Waals surface area contributed by atoms with Gasteiger partial charge in [0.15, 0.2) is 0 Å². The summed E-state index contributed by atoms with van der Waals surface area (Å²) in [7, 11) is 0. The summed E-state index contributed by atoms with van der Waals surface area (Å²) in [6.45, 7) is 6.73. The Morgan fingerprint density at radius 3 is 2.60 bits per heavy atom. The lowest BCUT2D eigenvalue weighted by atomic mass is 10.3. The number of nitrogens with zero attached hydrogens (tertiary/aromatic N) is 3. The van der Waals surface area contributed by atoms with E-state index in [4.69, 9.17) is 11.6 Å². The molecule has 0 saturated carbocycles. The highest BCUT2D eigenvalue weighted by Gasteiger charge is 2.21. The smallest absolute Gasteiger partial charge is 0.285 e. The van der Waals surface area contributed by atoms with Crippen LogP contribution in [-0.4, -0.2) is 33.6 Å². The fraction of sp³-hybridized carbons (Fsp3) is 0.667. The molecule has 1 rings (SSSR count). The van der Waals surface area contributed by atoms with Crippen LogP contribution in [0.3, 0.4) is 0 Å². The summed E-state index contributed by atoms with van der Waals surface area (Å²) in [5, 5.41) is 7.74. The minimum Gasteiger partial charge on any atom is -0.334 e. The topological polar surface area (TPSA) is 46.1 Å². The van der Waals surface area contributed by atoms with Gasteiger partial charge in [0.25, 0.3) is 5.91 Å². The largest absolute Gasteiger partial charge is 0.334 e. The van der Waals surface area contributed by atoms with Crippen LogP contribution in [0.2, 0.25) is 4.47 Å². The van der Waals surface area contributed by atoms with Gasteiger partial charge in [-0.05, 0) is 31.9 Å². The van der Waals surface area contributed by atoms with Crippen LogP contribution in [0.1, 0.15) is 37.0 Å². The Morgan fingerprint density at radius 2 is 2.20 bits per heavy atom. The van der Waals surface area contributed by atoms with Gasteiger partial charge in [-0.3, -0.25) is 4.79 Å². The van der Waals surface area contributed by atoms with Crippen molar-refractivity contribution < 1.29 is 4.79 Å². The minimum atomic E-state index is -0.0868. The third-order valence-corrected chi connectivity index (χ3v) is 2.94. The number of hydrogen-bond donors (Lipinski definition) is 0. The summed E-state index contributed by atoms with van der Waals surface area (Å²) in [5.41, 5.74) is 0. The first-order valence-electron chi connectivity index (χ1n) is 4.86. The molecule has 15 heavy (non-hydrogen) atoms. The van der Waals surface area contributed by atoms with Crippen LogP contribution in [0.4, 0.5) is 0 Å². The van der Waals surface area contributed by atoms with E-state index in [1.165, 1.54) is 0 Å². The Labute approximate surface area is 98.3 Å². The van der Waals surface area contributed by atoms with Gasteiger partial charge in [-0.2, -0.15) is 0 Å². The first-order valence-corrected chi connectivity index (χ1v) is 6.05. The van der Waals surface area contributed by atoms with Gasteiger partial charge < -0.3 is 4.90 Å². The van der Waals surface area contributed by atoms with E-state index >= 15 is 0 Å². The number of carbonyl (C=O) groups is 1. The van der Waals surface area contributed by atoms with Gasteiger partial charge in [-0.1, -0.05) is 18.3 Å². The lowest BCUT2D eigenvalue weighted by Gasteiger charge is -2.24. The van der Waals surface area contributed by atoms with Gasteiger partial charge in [0.05, 0.1) is 0 Å². The number of hydrogen-bond acceptors (Lipinski definition) is 4. The van der Waals surface area contributed by atoms with Crippen LogP contribution in [0.5, 0.6) is 0 Å². The third kappa shape index (κ3) is 3.14. The fourth-order valence-electron chi connectivity index (χ4n) is 1.25. The van der Waals surface area contributed by atoms with Crippen molar-refractivity contribution in [3.05, 3.63) is 9.47 Å². The molecule has 0 saturated heterocycles. The van der Waals surface area contributed by atoms with Gasteiger partial charge >= 0.3 is 0 Å². The second-order valence-electron chi connectivity index (χ2n) is 3.45. The van der Waals surface area contributed by atoms with E-state index in [0.717, 1.165) is 24.3 Å². The van der Waals surface area contributed by atoms with Crippen LogP contribution in [0, 0.1) is 0 Å². The average molecular weight is 248 g/mol. The summed E-state index contributed by atoms with van der Waals surface area (Å²) >= 11 is 6.76.